The van der Waals surface area contributed by atoms with E-state index in [-0.39, 0.29) is 24.0 Å². The molecule has 0 saturated carbocycles. The summed E-state index contributed by atoms with van der Waals surface area (Å²) in [4.78, 5) is 14.0. The van der Waals surface area contributed by atoms with Crippen LogP contribution in [0.5, 0.6) is 0 Å². The monoisotopic (exact) mass is 301 g/mol. The molecule has 0 radical (unpaired) electrons. The van der Waals surface area contributed by atoms with Gasteiger partial charge in [-0.2, -0.15) is 0 Å². The summed E-state index contributed by atoms with van der Waals surface area (Å²) < 4.78 is 13.3. The van der Waals surface area contributed by atoms with Crippen molar-refractivity contribution < 1.29 is 9.18 Å². The summed E-state index contributed by atoms with van der Waals surface area (Å²) in [7, 11) is 0. The predicted octanol–water partition coefficient (Wildman–Crippen LogP) is 1.86. The van der Waals surface area contributed by atoms with Crippen LogP contribution in [0, 0.1) is 11.7 Å². The summed E-state index contributed by atoms with van der Waals surface area (Å²) in [6, 6.07) is 6.20. The first kappa shape index (κ1) is 16.9. The number of anilines is 1. The highest BCUT2D eigenvalue weighted by atomic mass is 35.5. The molecule has 0 aromatic heterocycles. The van der Waals surface area contributed by atoms with Gasteiger partial charge in [0.15, 0.2) is 0 Å². The fourth-order valence-electron chi connectivity index (χ4n) is 2.34. The third kappa shape index (κ3) is 4.74. The van der Waals surface area contributed by atoms with Crippen molar-refractivity contribution in [3.05, 3.63) is 30.1 Å². The molecule has 0 spiro atoms. The van der Waals surface area contributed by atoms with E-state index in [1.54, 1.807) is 18.2 Å². The molecule has 1 amide bonds. The molecule has 4 nitrogen and oxygen atoms in total. The lowest BCUT2D eigenvalue weighted by molar-refractivity contribution is -0.116. The van der Waals surface area contributed by atoms with E-state index in [2.05, 4.69) is 10.2 Å². The minimum atomic E-state index is -0.403. The van der Waals surface area contributed by atoms with Crippen LogP contribution in [0.1, 0.15) is 12.8 Å². The van der Waals surface area contributed by atoms with E-state index < -0.39 is 5.82 Å². The van der Waals surface area contributed by atoms with Gasteiger partial charge in [-0.1, -0.05) is 12.1 Å². The van der Waals surface area contributed by atoms with Crippen LogP contribution in [0.15, 0.2) is 24.3 Å². The normalized spacial score (nSPS) is 18.6. The number of halogens is 2. The van der Waals surface area contributed by atoms with E-state index in [0.717, 1.165) is 19.5 Å². The summed E-state index contributed by atoms with van der Waals surface area (Å²) in [5, 5.41) is 2.59. The van der Waals surface area contributed by atoms with Crippen LogP contribution >= 0.6 is 12.4 Å². The second kappa shape index (κ2) is 8.19. The van der Waals surface area contributed by atoms with Crippen molar-refractivity contribution in [1.29, 1.82) is 0 Å². The van der Waals surface area contributed by atoms with Gasteiger partial charge in [0, 0.05) is 19.5 Å². The third-order valence-corrected chi connectivity index (χ3v) is 3.51. The van der Waals surface area contributed by atoms with Crippen LogP contribution < -0.4 is 11.1 Å². The Labute approximate surface area is 124 Å². The van der Waals surface area contributed by atoms with Crippen LogP contribution in [-0.4, -0.2) is 37.0 Å². The largest absolute Gasteiger partial charge is 0.330 e. The summed E-state index contributed by atoms with van der Waals surface area (Å²) in [5.41, 5.74) is 5.87. The van der Waals surface area contributed by atoms with E-state index >= 15 is 0 Å². The molecule has 20 heavy (non-hydrogen) atoms. The number of carbonyl (C=O) groups is 1. The Morgan fingerprint density at radius 3 is 2.85 bits per heavy atom. The standard InChI is InChI=1S/C14H20FN3O.ClH/c15-12-3-1-2-4-13(12)17-14(19)6-8-18-7-5-11(9-16)10-18;/h1-4,11H,5-10,16H2,(H,17,19);1H. The van der Waals surface area contributed by atoms with Gasteiger partial charge in [0.05, 0.1) is 5.69 Å². The van der Waals surface area contributed by atoms with Gasteiger partial charge in [0.25, 0.3) is 0 Å². The molecule has 3 N–H and O–H groups in total. The summed E-state index contributed by atoms with van der Waals surface area (Å²) >= 11 is 0. The predicted molar refractivity (Wildman–Crippen MR) is 80.5 cm³/mol. The highest BCUT2D eigenvalue weighted by Gasteiger charge is 2.21. The summed E-state index contributed by atoms with van der Waals surface area (Å²) in [6.45, 7) is 3.37. The Morgan fingerprint density at radius 2 is 2.20 bits per heavy atom. The van der Waals surface area contributed by atoms with E-state index in [1.165, 1.54) is 6.07 Å². The molecule has 0 bridgehead atoms. The van der Waals surface area contributed by atoms with Crippen molar-refractivity contribution >= 4 is 24.0 Å². The summed E-state index contributed by atoms with van der Waals surface area (Å²) in [5.74, 6) is -0.00357. The molecule has 1 unspecified atom stereocenters. The lowest BCUT2D eigenvalue weighted by atomic mass is 10.1. The van der Waals surface area contributed by atoms with Gasteiger partial charge in [0.2, 0.25) is 5.91 Å². The highest BCUT2D eigenvalue weighted by molar-refractivity contribution is 5.90. The molecule has 2 rings (SSSR count). The number of hydrogen-bond donors (Lipinski definition) is 2. The SMILES string of the molecule is Cl.NCC1CCN(CCC(=O)Nc2ccccc2F)C1. The minimum absolute atomic E-state index is 0. The van der Waals surface area contributed by atoms with Crippen molar-refractivity contribution in [3.8, 4) is 0 Å². The Balaban J connectivity index is 0.00000200. The van der Waals surface area contributed by atoms with Crippen molar-refractivity contribution in [2.45, 2.75) is 12.8 Å². The van der Waals surface area contributed by atoms with Crippen molar-refractivity contribution in [2.75, 3.05) is 31.5 Å². The first-order valence-electron chi connectivity index (χ1n) is 6.66. The van der Waals surface area contributed by atoms with Gasteiger partial charge < -0.3 is 16.0 Å². The lowest BCUT2D eigenvalue weighted by Gasteiger charge is -2.15. The van der Waals surface area contributed by atoms with Gasteiger partial charge in [-0.25, -0.2) is 4.39 Å². The number of carbonyl (C=O) groups excluding carboxylic acids is 1. The van der Waals surface area contributed by atoms with E-state index in [0.29, 0.717) is 25.4 Å². The smallest absolute Gasteiger partial charge is 0.225 e. The molecule has 6 heteroatoms. The van der Waals surface area contributed by atoms with Gasteiger partial charge in [0.1, 0.15) is 5.82 Å². The van der Waals surface area contributed by atoms with Gasteiger partial charge in [-0.3, -0.25) is 4.79 Å². The zero-order valence-electron chi connectivity index (χ0n) is 11.3. The van der Waals surface area contributed by atoms with Crippen molar-refractivity contribution in [2.24, 2.45) is 11.7 Å². The Kier molecular flexibility index (Phi) is 6.91. The first-order chi connectivity index (χ1) is 9.19. The highest BCUT2D eigenvalue weighted by Crippen LogP contribution is 2.16. The zero-order chi connectivity index (χ0) is 13.7. The molecular formula is C14H21ClFN3O. The fraction of sp³-hybridized carbons (Fsp3) is 0.500. The maximum absolute atomic E-state index is 13.3. The molecule has 1 aromatic carbocycles. The minimum Gasteiger partial charge on any atom is -0.330 e. The third-order valence-electron chi connectivity index (χ3n) is 3.51. The molecule has 1 aliphatic rings. The number of nitrogens with two attached hydrogens (primary N) is 1. The molecule has 0 aliphatic carbocycles. The van der Waals surface area contributed by atoms with Crippen molar-refractivity contribution in [1.82, 2.24) is 4.90 Å². The zero-order valence-corrected chi connectivity index (χ0v) is 12.2. The fourth-order valence-corrected chi connectivity index (χ4v) is 2.34. The van der Waals surface area contributed by atoms with Gasteiger partial charge in [-0.15, -0.1) is 12.4 Å². The van der Waals surface area contributed by atoms with Crippen LogP contribution in [0.4, 0.5) is 10.1 Å². The number of hydrogen-bond acceptors (Lipinski definition) is 3. The number of rotatable bonds is 5. The molecule has 112 valence electrons. The molecule has 1 atom stereocenters. The Morgan fingerprint density at radius 1 is 1.45 bits per heavy atom. The van der Waals surface area contributed by atoms with Crippen LogP contribution in [0.3, 0.4) is 0 Å². The topological polar surface area (TPSA) is 58.4 Å². The number of para-hydroxylation sites is 1. The molecule has 1 aromatic rings. The molecule has 1 fully saturated rings. The number of likely N-dealkylation sites (tertiary alicyclic amines) is 1. The van der Waals surface area contributed by atoms with E-state index in [9.17, 15) is 9.18 Å². The lowest BCUT2D eigenvalue weighted by Crippen LogP contribution is -2.27. The average molecular weight is 302 g/mol. The van der Waals surface area contributed by atoms with E-state index in [4.69, 9.17) is 5.73 Å². The van der Waals surface area contributed by atoms with Gasteiger partial charge >= 0.3 is 0 Å². The van der Waals surface area contributed by atoms with Crippen molar-refractivity contribution in [3.63, 3.8) is 0 Å². The van der Waals surface area contributed by atoms with E-state index in [1.807, 2.05) is 0 Å². The molecule has 1 saturated heterocycles. The maximum atomic E-state index is 13.3. The molecule has 1 aliphatic heterocycles. The quantitative estimate of drug-likeness (QED) is 0.873. The Hall–Kier alpha value is -1.17. The number of benzene rings is 1. The molecule has 1 heterocycles. The maximum Gasteiger partial charge on any atom is 0.225 e. The first-order valence-corrected chi connectivity index (χ1v) is 6.66. The number of amides is 1. The second-order valence-electron chi connectivity index (χ2n) is 4.97. The molecular weight excluding hydrogens is 281 g/mol. The average Bonchev–Trinajstić information content (AvgIpc) is 2.87. The number of nitrogens with zero attached hydrogens (tertiary/aromatic N) is 1. The van der Waals surface area contributed by atoms with Crippen LogP contribution in [0.2, 0.25) is 0 Å². The second-order valence-corrected chi connectivity index (χ2v) is 4.97. The summed E-state index contributed by atoms with van der Waals surface area (Å²) in [6.07, 6.45) is 1.48. The van der Waals surface area contributed by atoms with Crippen LogP contribution in [-0.2, 0) is 4.79 Å². The van der Waals surface area contributed by atoms with Crippen LogP contribution in [0.25, 0.3) is 0 Å². The number of nitrogens with one attached hydrogen (secondary N) is 1. The Bertz CT molecular complexity index is 444. The van der Waals surface area contributed by atoms with Gasteiger partial charge in [-0.05, 0) is 37.6 Å².